The number of hydrogen-bond donors (Lipinski definition) is 1. The molecule has 0 aliphatic carbocycles. The number of halogens is 1. The van der Waals surface area contributed by atoms with E-state index >= 15 is 0 Å². The van der Waals surface area contributed by atoms with Crippen LogP contribution in [0.1, 0.15) is 53.5 Å². The first-order valence-electron chi connectivity index (χ1n) is 7.59. The summed E-state index contributed by atoms with van der Waals surface area (Å²) in [4.78, 5) is 2.28. The molecule has 3 heteroatoms. The molecule has 0 aliphatic heterocycles. The van der Waals surface area contributed by atoms with Crippen LogP contribution in [0, 0.1) is 5.82 Å². The zero-order valence-electron chi connectivity index (χ0n) is 13.8. The molecule has 0 amide bonds. The molecule has 1 unspecified atom stereocenters. The van der Waals surface area contributed by atoms with E-state index in [-0.39, 0.29) is 11.4 Å². The van der Waals surface area contributed by atoms with Crippen LogP contribution in [-0.2, 0) is 6.54 Å². The maximum absolute atomic E-state index is 14.2. The average molecular weight is 280 g/mol. The third-order valence-corrected chi connectivity index (χ3v) is 3.66. The molecule has 0 heterocycles. The van der Waals surface area contributed by atoms with Crippen molar-refractivity contribution in [1.82, 2.24) is 5.32 Å². The molecule has 0 saturated carbocycles. The molecule has 1 atom stereocenters. The Morgan fingerprint density at radius 2 is 1.90 bits per heavy atom. The minimum Gasteiger partial charge on any atom is -0.369 e. The molecule has 20 heavy (non-hydrogen) atoms. The fourth-order valence-corrected chi connectivity index (χ4v) is 2.28. The highest BCUT2D eigenvalue weighted by Gasteiger charge is 2.19. The topological polar surface area (TPSA) is 15.3 Å². The van der Waals surface area contributed by atoms with Gasteiger partial charge >= 0.3 is 0 Å². The van der Waals surface area contributed by atoms with Crippen LogP contribution in [-0.4, -0.2) is 18.1 Å². The maximum atomic E-state index is 14.2. The molecule has 1 rings (SSSR count). The minimum atomic E-state index is -0.124. The maximum Gasteiger partial charge on any atom is 0.129 e. The van der Waals surface area contributed by atoms with E-state index in [0.717, 1.165) is 24.2 Å². The highest BCUT2D eigenvalue weighted by molar-refractivity contribution is 5.55. The Balaban J connectivity index is 3.09. The van der Waals surface area contributed by atoms with Gasteiger partial charge in [-0.2, -0.15) is 0 Å². The van der Waals surface area contributed by atoms with Crippen LogP contribution >= 0.6 is 0 Å². The van der Waals surface area contributed by atoms with Crippen LogP contribution < -0.4 is 10.2 Å². The van der Waals surface area contributed by atoms with E-state index in [1.807, 2.05) is 6.07 Å². The number of rotatable bonds is 6. The van der Waals surface area contributed by atoms with Crippen molar-refractivity contribution in [2.75, 3.05) is 11.4 Å². The van der Waals surface area contributed by atoms with Crippen molar-refractivity contribution in [3.8, 4) is 0 Å². The molecular formula is C17H29FN2. The molecular weight excluding hydrogens is 251 g/mol. The lowest BCUT2D eigenvalue weighted by molar-refractivity contribution is 0.418. The predicted molar refractivity (Wildman–Crippen MR) is 85.8 cm³/mol. The van der Waals surface area contributed by atoms with E-state index in [4.69, 9.17) is 0 Å². The lowest BCUT2D eigenvalue weighted by Crippen LogP contribution is -2.37. The Kier molecular flexibility index (Phi) is 6.00. The van der Waals surface area contributed by atoms with Crippen molar-refractivity contribution in [1.29, 1.82) is 0 Å². The third-order valence-electron chi connectivity index (χ3n) is 3.66. The van der Waals surface area contributed by atoms with Gasteiger partial charge in [-0.1, -0.05) is 13.0 Å². The predicted octanol–water partition coefficient (Wildman–Crippen LogP) is 4.34. The molecule has 0 radical (unpaired) electrons. The first kappa shape index (κ1) is 17.0. The SMILES string of the molecule is CCC(C)N(CC)c1cccc(F)c1CNC(C)(C)C. The van der Waals surface area contributed by atoms with Crippen LogP contribution in [0.2, 0.25) is 0 Å². The summed E-state index contributed by atoms with van der Waals surface area (Å²) in [6, 6.07) is 5.79. The van der Waals surface area contributed by atoms with Crippen molar-refractivity contribution in [2.45, 2.75) is 66.1 Å². The van der Waals surface area contributed by atoms with Crippen LogP contribution in [0.25, 0.3) is 0 Å². The van der Waals surface area contributed by atoms with Gasteiger partial charge in [-0.25, -0.2) is 4.39 Å². The molecule has 0 spiro atoms. The fraction of sp³-hybridized carbons (Fsp3) is 0.647. The van der Waals surface area contributed by atoms with Crippen LogP contribution in [0.15, 0.2) is 18.2 Å². The fourth-order valence-electron chi connectivity index (χ4n) is 2.28. The van der Waals surface area contributed by atoms with E-state index in [1.54, 1.807) is 12.1 Å². The molecule has 1 aromatic carbocycles. The molecule has 0 aliphatic rings. The van der Waals surface area contributed by atoms with E-state index in [2.05, 4.69) is 51.8 Å². The van der Waals surface area contributed by atoms with Crippen molar-refractivity contribution in [3.63, 3.8) is 0 Å². The zero-order valence-corrected chi connectivity index (χ0v) is 13.8. The number of nitrogens with zero attached hydrogens (tertiary/aromatic N) is 1. The van der Waals surface area contributed by atoms with Gasteiger partial charge < -0.3 is 10.2 Å². The second-order valence-corrected chi connectivity index (χ2v) is 6.38. The molecule has 1 N–H and O–H groups in total. The van der Waals surface area contributed by atoms with Gasteiger partial charge in [0.25, 0.3) is 0 Å². The number of nitrogens with one attached hydrogen (secondary N) is 1. The van der Waals surface area contributed by atoms with Crippen LogP contribution in [0.4, 0.5) is 10.1 Å². The Bertz CT molecular complexity index is 423. The van der Waals surface area contributed by atoms with Gasteiger partial charge in [0.2, 0.25) is 0 Å². The molecule has 0 saturated heterocycles. The molecule has 114 valence electrons. The van der Waals surface area contributed by atoms with Gasteiger partial charge in [-0.05, 0) is 53.2 Å². The van der Waals surface area contributed by atoms with Crippen molar-refractivity contribution >= 4 is 5.69 Å². The zero-order chi connectivity index (χ0) is 15.3. The van der Waals surface area contributed by atoms with Gasteiger partial charge in [0.1, 0.15) is 5.82 Å². The monoisotopic (exact) mass is 280 g/mol. The van der Waals surface area contributed by atoms with Gasteiger partial charge in [0.05, 0.1) is 0 Å². The Hall–Kier alpha value is -1.09. The van der Waals surface area contributed by atoms with Gasteiger partial charge in [-0.15, -0.1) is 0 Å². The normalized spacial score (nSPS) is 13.3. The quantitative estimate of drug-likeness (QED) is 0.834. The summed E-state index contributed by atoms with van der Waals surface area (Å²) in [5.74, 6) is -0.124. The van der Waals surface area contributed by atoms with Gasteiger partial charge in [0, 0.05) is 35.9 Å². The molecule has 0 aromatic heterocycles. The Labute approximate surface area is 123 Å². The summed E-state index contributed by atoms with van der Waals surface area (Å²) in [7, 11) is 0. The van der Waals surface area contributed by atoms with Crippen molar-refractivity contribution in [3.05, 3.63) is 29.6 Å². The molecule has 0 fully saturated rings. The van der Waals surface area contributed by atoms with Crippen LogP contribution in [0.3, 0.4) is 0 Å². The summed E-state index contributed by atoms with van der Waals surface area (Å²) >= 11 is 0. The average Bonchev–Trinajstić information content (AvgIpc) is 2.37. The first-order chi connectivity index (χ1) is 9.30. The largest absolute Gasteiger partial charge is 0.369 e. The number of hydrogen-bond acceptors (Lipinski definition) is 2. The smallest absolute Gasteiger partial charge is 0.129 e. The van der Waals surface area contributed by atoms with Gasteiger partial charge in [-0.3, -0.25) is 0 Å². The summed E-state index contributed by atoms with van der Waals surface area (Å²) in [6.45, 7) is 14.2. The number of anilines is 1. The molecule has 0 bridgehead atoms. The van der Waals surface area contributed by atoms with Crippen molar-refractivity contribution < 1.29 is 4.39 Å². The van der Waals surface area contributed by atoms with E-state index < -0.39 is 0 Å². The Morgan fingerprint density at radius 3 is 2.40 bits per heavy atom. The summed E-state index contributed by atoms with van der Waals surface area (Å²) in [6.07, 6.45) is 1.05. The van der Waals surface area contributed by atoms with Crippen LogP contribution in [0.5, 0.6) is 0 Å². The summed E-state index contributed by atoms with van der Waals surface area (Å²) in [5, 5.41) is 3.39. The minimum absolute atomic E-state index is 0.0209. The highest BCUT2D eigenvalue weighted by Crippen LogP contribution is 2.26. The van der Waals surface area contributed by atoms with E-state index in [1.165, 1.54) is 0 Å². The standard InChI is InChI=1S/C17H29FN2/c1-7-13(3)20(8-2)16-11-9-10-15(18)14(16)12-19-17(4,5)6/h9-11,13,19H,7-8,12H2,1-6H3. The molecule has 2 nitrogen and oxygen atoms in total. The first-order valence-corrected chi connectivity index (χ1v) is 7.59. The lowest BCUT2D eigenvalue weighted by atomic mass is 10.1. The second-order valence-electron chi connectivity index (χ2n) is 6.38. The summed E-state index contributed by atoms with van der Waals surface area (Å²) in [5.41, 5.74) is 1.76. The Morgan fingerprint density at radius 1 is 1.25 bits per heavy atom. The highest BCUT2D eigenvalue weighted by atomic mass is 19.1. The van der Waals surface area contributed by atoms with E-state index in [9.17, 15) is 4.39 Å². The third kappa shape index (κ3) is 4.48. The van der Waals surface area contributed by atoms with E-state index in [0.29, 0.717) is 12.6 Å². The molecule has 1 aromatic rings. The number of benzene rings is 1. The van der Waals surface area contributed by atoms with Gasteiger partial charge in [0.15, 0.2) is 0 Å². The second kappa shape index (κ2) is 7.07. The lowest BCUT2D eigenvalue weighted by Gasteiger charge is -2.32. The summed E-state index contributed by atoms with van der Waals surface area (Å²) < 4.78 is 14.2. The van der Waals surface area contributed by atoms with Crippen molar-refractivity contribution in [2.24, 2.45) is 0 Å².